The number of nitrogens with one attached hydrogen (secondary N) is 1. The maximum Gasteiger partial charge on any atom is 0.298 e. The lowest BCUT2D eigenvalue weighted by Crippen LogP contribution is -2.46. The number of rotatable bonds is 7. The van der Waals surface area contributed by atoms with Gasteiger partial charge in [-0.25, -0.2) is 4.98 Å². The number of hydrogen-bond donors (Lipinski definition) is 1. The molecular formula is C33H37N5O2. The van der Waals surface area contributed by atoms with Gasteiger partial charge in [0.2, 0.25) is 0 Å². The topological polar surface area (TPSA) is 70.0 Å². The molecule has 0 bridgehead atoms. The highest BCUT2D eigenvalue weighted by Gasteiger charge is 2.29. The van der Waals surface area contributed by atoms with Gasteiger partial charge in [-0.15, -0.1) is 0 Å². The van der Waals surface area contributed by atoms with Crippen molar-refractivity contribution in [3.8, 4) is 0 Å². The number of pyridine rings is 2. The predicted octanol–water partition coefficient (Wildman–Crippen LogP) is 6.09. The maximum atomic E-state index is 13.5. The van der Waals surface area contributed by atoms with Gasteiger partial charge >= 0.3 is 0 Å². The number of ketones is 1. The quantitative estimate of drug-likeness (QED) is 0.229. The van der Waals surface area contributed by atoms with Crippen molar-refractivity contribution in [1.29, 1.82) is 0 Å². The molecule has 3 aromatic heterocycles. The summed E-state index contributed by atoms with van der Waals surface area (Å²) in [6, 6.07) is 22.0. The molecule has 40 heavy (non-hydrogen) atoms. The van der Waals surface area contributed by atoms with Crippen molar-refractivity contribution in [2.45, 2.75) is 51.4 Å². The van der Waals surface area contributed by atoms with Gasteiger partial charge in [0.1, 0.15) is 11.5 Å². The standard InChI is InChI=1S/C33H37N5O2/c1-2-25-11-8-13-30(34-25)37-21-19-36(20-22-37)27-16-14-26(15-17-27)35-33(40)32(39)31-29(24-9-4-3-5-10-24)23-28-12-6-7-18-38(28)31/h6-8,11-18,23-24H,2-5,9-10,19-22H2,1H3,(H,35,40). The van der Waals surface area contributed by atoms with Crippen molar-refractivity contribution in [1.82, 2.24) is 9.38 Å². The van der Waals surface area contributed by atoms with Gasteiger partial charge in [-0.3, -0.25) is 9.59 Å². The molecular weight excluding hydrogens is 498 g/mol. The van der Waals surface area contributed by atoms with E-state index in [2.05, 4.69) is 46.3 Å². The van der Waals surface area contributed by atoms with Gasteiger partial charge in [0, 0.05) is 55.0 Å². The summed E-state index contributed by atoms with van der Waals surface area (Å²) in [7, 11) is 0. The van der Waals surface area contributed by atoms with Gasteiger partial charge < -0.3 is 19.5 Å². The average Bonchev–Trinajstić information content (AvgIpc) is 3.41. The van der Waals surface area contributed by atoms with Gasteiger partial charge in [0.05, 0.1) is 0 Å². The Hall–Kier alpha value is -4.13. The molecule has 1 amide bonds. The fraction of sp³-hybridized carbons (Fsp3) is 0.364. The van der Waals surface area contributed by atoms with Crippen LogP contribution >= 0.6 is 0 Å². The Bertz CT molecular complexity index is 1500. The Morgan fingerprint density at radius 2 is 1.62 bits per heavy atom. The van der Waals surface area contributed by atoms with Crippen molar-refractivity contribution >= 4 is 34.4 Å². The highest BCUT2D eigenvalue weighted by atomic mass is 16.2. The molecule has 2 aliphatic rings. The van der Waals surface area contributed by atoms with E-state index in [0.29, 0.717) is 17.3 Å². The van der Waals surface area contributed by atoms with E-state index in [9.17, 15) is 9.59 Å². The van der Waals surface area contributed by atoms with E-state index in [0.717, 1.165) is 73.7 Å². The van der Waals surface area contributed by atoms with Crippen molar-refractivity contribution in [2.75, 3.05) is 41.3 Å². The zero-order chi connectivity index (χ0) is 27.5. The average molecular weight is 536 g/mol. The van der Waals surface area contributed by atoms with Crippen LogP contribution in [0, 0.1) is 0 Å². The molecule has 2 fully saturated rings. The summed E-state index contributed by atoms with van der Waals surface area (Å²) in [6.07, 6.45) is 8.52. The molecule has 4 heterocycles. The molecule has 7 heteroatoms. The van der Waals surface area contributed by atoms with Crippen LogP contribution < -0.4 is 15.1 Å². The third-order valence-electron chi connectivity index (χ3n) is 8.42. The van der Waals surface area contributed by atoms with Crippen LogP contribution in [0.25, 0.3) is 5.52 Å². The van der Waals surface area contributed by atoms with Crippen LogP contribution in [0.1, 0.15) is 66.7 Å². The Kier molecular flexibility index (Phi) is 7.53. The molecule has 1 aliphatic carbocycles. The molecule has 1 aliphatic heterocycles. The third-order valence-corrected chi connectivity index (χ3v) is 8.42. The number of aryl methyl sites for hydroxylation is 1. The zero-order valence-electron chi connectivity index (χ0n) is 23.2. The van der Waals surface area contributed by atoms with Crippen LogP contribution in [-0.4, -0.2) is 47.3 Å². The number of piperazine rings is 1. The number of Topliss-reactive ketones (excluding diaryl/α,β-unsaturated/α-hetero) is 1. The number of nitrogens with zero attached hydrogens (tertiary/aromatic N) is 4. The minimum absolute atomic E-state index is 0.325. The second-order valence-corrected chi connectivity index (χ2v) is 10.9. The Balaban J connectivity index is 1.12. The highest BCUT2D eigenvalue weighted by Crippen LogP contribution is 2.36. The largest absolute Gasteiger partial charge is 0.368 e. The first-order valence-corrected chi connectivity index (χ1v) is 14.6. The third kappa shape index (κ3) is 5.33. The lowest BCUT2D eigenvalue weighted by atomic mass is 9.83. The summed E-state index contributed by atoms with van der Waals surface area (Å²) >= 11 is 0. The molecule has 0 radical (unpaired) electrons. The highest BCUT2D eigenvalue weighted by molar-refractivity contribution is 6.46. The van der Waals surface area contributed by atoms with Crippen LogP contribution in [0.15, 0.2) is 72.9 Å². The molecule has 4 aromatic rings. The van der Waals surface area contributed by atoms with Gasteiger partial charge in [-0.1, -0.05) is 38.3 Å². The monoisotopic (exact) mass is 535 g/mol. The number of carbonyl (C=O) groups is 2. The van der Waals surface area contributed by atoms with E-state index in [1.807, 2.05) is 53.1 Å². The predicted molar refractivity (Wildman–Crippen MR) is 161 cm³/mol. The molecule has 0 unspecified atom stereocenters. The van der Waals surface area contributed by atoms with Crippen LogP contribution in [0.3, 0.4) is 0 Å². The van der Waals surface area contributed by atoms with Crippen molar-refractivity contribution in [3.05, 3.63) is 89.9 Å². The summed E-state index contributed by atoms with van der Waals surface area (Å²) in [5.74, 6) is 0.299. The summed E-state index contributed by atoms with van der Waals surface area (Å²) in [4.78, 5) is 36.2. The SMILES string of the molecule is CCc1cccc(N2CCN(c3ccc(NC(=O)C(=O)c4c(C5CCCCC5)cc5ccccn45)cc3)CC2)n1. The minimum atomic E-state index is -0.593. The Labute approximate surface area is 235 Å². The lowest BCUT2D eigenvalue weighted by Gasteiger charge is -2.37. The van der Waals surface area contributed by atoms with Gasteiger partial charge in [0.25, 0.3) is 11.7 Å². The number of benzene rings is 1. The number of anilines is 3. The van der Waals surface area contributed by atoms with Gasteiger partial charge in [-0.2, -0.15) is 0 Å². The molecule has 0 atom stereocenters. The van der Waals surface area contributed by atoms with Crippen LogP contribution in [0.5, 0.6) is 0 Å². The first kappa shape index (κ1) is 26.1. The first-order valence-electron chi connectivity index (χ1n) is 14.6. The summed E-state index contributed by atoms with van der Waals surface area (Å²) in [5.41, 5.74) is 5.33. The molecule has 7 nitrogen and oxygen atoms in total. The van der Waals surface area contributed by atoms with E-state index in [1.54, 1.807) is 0 Å². The normalized spacial score (nSPS) is 16.3. The summed E-state index contributed by atoms with van der Waals surface area (Å²) in [5, 5.41) is 2.86. The molecule has 0 spiro atoms. The molecule has 1 saturated heterocycles. The van der Waals surface area contributed by atoms with E-state index >= 15 is 0 Å². The Morgan fingerprint density at radius 3 is 2.38 bits per heavy atom. The summed E-state index contributed by atoms with van der Waals surface area (Å²) < 4.78 is 1.88. The second-order valence-electron chi connectivity index (χ2n) is 10.9. The molecule has 6 rings (SSSR count). The van der Waals surface area contributed by atoms with E-state index in [1.165, 1.54) is 19.3 Å². The molecule has 1 saturated carbocycles. The minimum Gasteiger partial charge on any atom is -0.368 e. The van der Waals surface area contributed by atoms with Gasteiger partial charge in [-0.05, 0) is 85.3 Å². The smallest absolute Gasteiger partial charge is 0.298 e. The van der Waals surface area contributed by atoms with Crippen LogP contribution in [0.2, 0.25) is 0 Å². The van der Waals surface area contributed by atoms with Crippen molar-refractivity contribution in [3.63, 3.8) is 0 Å². The van der Waals surface area contributed by atoms with Crippen LogP contribution in [-0.2, 0) is 11.2 Å². The zero-order valence-corrected chi connectivity index (χ0v) is 23.2. The van der Waals surface area contributed by atoms with E-state index < -0.39 is 11.7 Å². The first-order chi connectivity index (χ1) is 19.6. The van der Waals surface area contributed by atoms with E-state index in [4.69, 9.17) is 4.98 Å². The van der Waals surface area contributed by atoms with Gasteiger partial charge in [0.15, 0.2) is 0 Å². The summed E-state index contributed by atoms with van der Waals surface area (Å²) in [6.45, 7) is 5.73. The fourth-order valence-corrected chi connectivity index (χ4v) is 6.19. The number of amides is 1. The number of aromatic nitrogens is 2. The second kappa shape index (κ2) is 11.5. The number of fused-ring (bicyclic) bond motifs is 1. The van der Waals surface area contributed by atoms with Crippen molar-refractivity contribution < 1.29 is 9.59 Å². The molecule has 206 valence electrons. The molecule has 1 aromatic carbocycles. The maximum absolute atomic E-state index is 13.5. The Morgan fingerprint density at radius 1 is 0.875 bits per heavy atom. The number of hydrogen-bond acceptors (Lipinski definition) is 5. The fourth-order valence-electron chi connectivity index (χ4n) is 6.19. The van der Waals surface area contributed by atoms with Crippen molar-refractivity contribution in [2.24, 2.45) is 0 Å². The number of carbonyl (C=O) groups excluding carboxylic acids is 2. The van der Waals surface area contributed by atoms with Crippen LogP contribution in [0.4, 0.5) is 17.2 Å². The van der Waals surface area contributed by atoms with E-state index in [-0.39, 0.29) is 0 Å². The molecule has 1 N–H and O–H groups in total. The lowest BCUT2D eigenvalue weighted by molar-refractivity contribution is -0.112.